The van der Waals surface area contributed by atoms with Crippen LogP contribution in [-0.2, 0) is 33.6 Å². The molecule has 0 unspecified atom stereocenters. The summed E-state index contributed by atoms with van der Waals surface area (Å²) in [5, 5.41) is 0. The summed E-state index contributed by atoms with van der Waals surface area (Å²) in [5.74, 6) is -6.56. The Hall–Kier alpha value is -3.00. The van der Waals surface area contributed by atoms with E-state index in [4.69, 9.17) is 13.7 Å². The molecule has 0 N–H and O–H groups in total. The minimum atomic E-state index is -4.74. The van der Waals surface area contributed by atoms with E-state index in [1.807, 2.05) is 0 Å². The molecule has 3 aromatic carbocycles. The number of rotatable bonds is 7. The minimum Gasteiger partial charge on any atom is -0.490 e. The Bertz CT molecular complexity index is 1660. The molecule has 0 amide bonds. The fraction of sp³-hybridized carbons (Fsp3) is 0.333. The van der Waals surface area contributed by atoms with Gasteiger partial charge in [0.2, 0.25) is 0 Å². The van der Waals surface area contributed by atoms with Gasteiger partial charge in [-0.2, -0.15) is 8.42 Å². The molecule has 2 heterocycles. The molecule has 0 radical (unpaired) electrons. The third-order valence-electron chi connectivity index (χ3n) is 7.37. The normalized spacial score (nSPS) is 22.7. The summed E-state index contributed by atoms with van der Waals surface area (Å²) in [6, 6.07) is 9.51. The van der Waals surface area contributed by atoms with Crippen molar-refractivity contribution in [1.29, 1.82) is 0 Å². The van der Waals surface area contributed by atoms with Gasteiger partial charge in [-0.3, -0.25) is 4.18 Å². The van der Waals surface area contributed by atoms with Gasteiger partial charge in [-0.15, -0.1) is 0 Å². The topological polar surface area (TPSA) is 96.0 Å². The van der Waals surface area contributed by atoms with Crippen LogP contribution in [0.1, 0.15) is 24.0 Å². The Morgan fingerprint density at radius 2 is 1.52 bits per heavy atom. The van der Waals surface area contributed by atoms with Crippen molar-refractivity contribution in [2.75, 3.05) is 19.8 Å². The fourth-order valence-electron chi connectivity index (χ4n) is 5.41. The molecule has 40 heavy (non-hydrogen) atoms. The third-order valence-corrected chi connectivity index (χ3v) is 11.2. The van der Waals surface area contributed by atoms with E-state index in [2.05, 4.69) is 0 Å². The molecule has 0 spiro atoms. The van der Waals surface area contributed by atoms with Gasteiger partial charge in [0, 0.05) is 12.5 Å². The summed E-state index contributed by atoms with van der Waals surface area (Å²) in [6.07, 6.45) is -1.55. The number of sulfone groups is 1. The molecule has 214 valence electrons. The first kappa shape index (κ1) is 28.5. The molecule has 0 saturated carbocycles. The van der Waals surface area contributed by atoms with Crippen molar-refractivity contribution in [2.24, 2.45) is 5.92 Å². The molecule has 5 rings (SSSR count). The smallest absolute Gasteiger partial charge is 0.296 e. The monoisotopic (exact) mass is 600 g/mol. The van der Waals surface area contributed by atoms with E-state index in [1.165, 1.54) is 12.1 Å². The SMILES string of the molecule is Cc1ccc(S(=O)(=O)OCC[C@@H]2OCC[C@@]3(S(=O)(=O)c4ccc(F)c(F)c4)c4c(F)ccc(F)c4OC[C@@H]23)cc1. The lowest BCUT2D eigenvalue weighted by Gasteiger charge is -2.50. The highest BCUT2D eigenvalue weighted by atomic mass is 32.2. The molecule has 1 saturated heterocycles. The molecule has 2 aliphatic rings. The molecule has 13 heteroatoms. The van der Waals surface area contributed by atoms with E-state index >= 15 is 4.39 Å². The predicted octanol–water partition coefficient (Wildman–Crippen LogP) is 4.81. The van der Waals surface area contributed by atoms with Crippen LogP contribution in [0.5, 0.6) is 5.75 Å². The average molecular weight is 601 g/mol. The first-order valence-electron chi connectivity index (χ1n) is 12.3. The van der Waals surface area contributed by atoms with E-state index in [1.54, 1.807) is 19.1 Å². The number of hydrogen-bond donors (Lipinski definition) is 0. The van der Waals surface area contributed by atoms with Crippen LogP contribution in [0.3, 0.4) is 0 Å². The largest absolute Gasteiger partial charge is 0.490 e. The maximum atomic E-state index is 15.4. The van der Waals surface area contributed by atoms with Crippen molar-refractivity contribution in [3.8, 4) is 5.75 Å². The summed E-state index contributed by atoms with van der Waals surface area (Å²) < 4.78 is 126. The van der Waals surface area contributed by atoms with Crippen LogP contribution < -0.4 is 4.74 Å². The molecule has 3 aromatic rings. The molecule has 2 aliphatic heterocycles. The third kappa shape index (κ3) is 4.68. The van der Waals surface area contributed by atoms with Gasteiger partial charge in [-0.1, -0.05) is 17.7 Å². The number of aryl methyl sites for hydroxylation is 1. The Morgan fingerprint density at radius 1 is 0.875 bits per heavy atom. The molecule has 0 bridgehead atoms. The fourth-order valence-corrected chi connectivity index (χ4v) is 8.69. The van der Waals surface area contributed by atoms with E-state index in [-0.39, 0.29) is 24.3 Å². The molecular weight excluding hydrogens is 576 g/mol. The van der Waals surface area contributed by atoms with Crippen LogP contribution in [0, 0.1) is 36.1 Å². The van der Waals surface area contributed by atoms with Crippen molar-refractivity contribution in [3.63, 3.8) is 0 Å². The number of hydrogen-bond acceptors (Lipinski definition) is 7. The Balaban J connectivity index is 1.54. The second kappa shape index (κ2) is 10.4. The van der Waals surface area contributed by atoms with Gasteiger partial charge >= 0.3 is 0 Å². The van der Waals surface area contributed by atoms with Gasteiger partial charge in [0.15, 0.2) is 33.0 Å². The first-order valence-corrected chi connectivity index (χ1v) is 15.2. The average Bonchev–Trinajstić information content (AvgIpc) is 2.92. The Morgan fingerprint density at radius 3 is 2.23 bits per heavy atom. The zero-order valence-electron chi connectivity index (χ0n) is 21.1. The van der Waals surface area contributed by atoms with Crippen molar-refractivity contribution in [2.45, 2.75) is 40.4 Å². The summed E-state index contributed by atoms with van der Waals surface area (Å²) in [7, 11) is -8.90. The lowest BCUT2D eigenvalue weighted by Crippen LogP contribution is -2.57. The summed E-state index contributed by atoms with van der Waals surface area (Å²) in [4.78, 5) is -0.711. The second-order valence-electron chi connectivity index (χ2n) is 9.66. The van der Waals surface area contributed by atoms with Gasteiger partial charge < -0.3 is 9.47 Å². The zero-order chi connectivity index (χ0) is 28.9. The van der Waals surface area contributed by atoms with Gasteiger partial charge in [-0.25, -0.2) is 26.0 Å². The van der Waals surface area contributed by atoms with E-state index < -0.39 is 89.4 Å². The van der Waals surface area contributed by atoms with E-state index in [9.17, 15) is 30.0 Å². The molecule has 7 nitrogen and oxygen atoms in total. The van der Waals surface area contributed by atoms with E-state index in [0.29, 0.717) is 12.1 Å². The maximum Gasteiger partial charge on any atom is 0.296 e. The van der Waals surface area contributed by atoms with Gasteiger partial charge in [-0.05, 0) is 62.2 Å². The molecular formula is C27H24F4O7S2. The minimum absolute atomic E-state index is 0.0783. The standard InChI is InChI=1S/C27H24F4O7S2/c1-16-2-4-17(5-3-16)40(34,35)38-12-10-24-19-15-37-26-22(30)9-8-21(29)25(26)27(19,11-13-36-24)39(32,33)18-6-7-20(28)23(31)14-18/h2-9,14,19,24H,10-13,15H2,1H3/t19-,24-,27-/m0/s1. The molecule has 0 aromatic heterocycles. The summed E-state index contributed by atoms with van der Waals surface area (Å²) in [5.41, 5.74) is 0.268. The van der Waals surface area contributed by atoms with Gasteiger partial charge in [0.05, 0.1) is 34.7 Å². The van der Waals surface area contributed by atoms with Gasteiger partial charge in [0.1, 0.15) is 10.6 Å². The van der Waals surface area contributed by atoms with Gasteiger partial charge in [0.25, 0.3) is 10.1 Å². The summed E-state index contributed by atoms with van der Waals surface area (Å²) >= 11 is 0. The highest BCUT2D eigenvalue weighted by Crippen LogP contribution is 2.56. The van der Waals surface area contributed by atoms with E-state index in [0.717, 1.165) is 23.8 Å². The predicted molar refractivity (Wildman–Crippen MR) is 134 cm³/mol. The molecule has 3 atom stereocenters. The lowest BCUT2D eigenvalue weighted by atomic mass is 9.75. The zero-order valence-corrected chi connectivity index (χ0v) is 22.7. The van der Waals surface area contributed by atoms with Crippen LogP contribution in [0.15, 0.2) is 64.4 Å². The highest BCUT2D eigenvalue weighted by Gasteiger charge is 2.61. The number of benzene rings is 3. The van der Waals surface area contributed by atoms with Crippen molar-refractivity contribution >= 4 is 20.0 Å². The Labute approximate surface area is 228 Å². The molecule has 1 fully saturated rings. The first-order chi connectivity index (χ1) is 18.9. The molecule has 0 aliphatic carbocycles. The van der Waals surface area contributed by atoms with Crippen molar-refractivity contribution in [3.05, 3.63) is 89.0 Å². The second-order valence-corrected chi connectivity index (χ2v) is 13.5. The number of halogens is 4. The lowest BCUT2D eigenvalue weighted by molar-refractivity contribution is -0.0793. The van der Waals surface area contributed by atoms with Crippen LogP contribution in [0.2, 0.25) is 0 Å². The van der Waals surface area contributed by atoms with Crippen LogP contribution in [0.25, 0.3) is 0 Å². The van der Waals surface area contributed by atoms with Crippen LogP contribution >= 0.6 is 0 Å². The number of ether oxygens (including phenoxy) is 2. The quantitative estimate of drug-likeness (QED) is 0.218. The van der Waals surface area contributed by atoms with Crippen LogP contribution in [-0.4, -0.2) is 42.8 Å². The van der Waals surface area contributed by atoms with Crippen molar-refractivity contribution in [1.82, 2.24) is 0 Å². The van der Waals surface area contributed by atoms with Crippen molar-refractivity contribution < 1.29 is 48.1 Å². The maximum absolute atomic E-state index is 15.4. The van der Waals surface area contributed by atoms with Crippen LogP contribution in [0.4, 0.5) is 17.6 Å². The highest BCUT2D eigenvalue weighted by molar-refractivity contribution is 7.92. The summed E-state index contributed by atoms with van der Waals surface area (Å²) in [6.45, 7) is 0.685. The number of fused-ring (bicyclic) bond motifs is 3. The Kier molecular flexibility index (Phi) is 7.44.